The Morgan fingerprint density at radius 3 is 2.50 bits per heavy atom. The van der Waals surface area contributed by atoms with E-state index in [-0.39, 0.29) is 0 Å². The molecule has 0 aliphatic carbocycles. The fraction of sp³-hybridized carbons (Fsp3) is 0.474. The van der Waals surface area contributed by atoms with E-state index in [0.29, 0.717) is 5.96 Å². The van der Waals surface area contributed by atoms with Crippen molar-refractivity contribution in [1.82, 2.24) is 9.80 Å². The second-order valence-corrected chi connectivity index (χ2v) is 6.58. The van der Waals surface area contributed by atoms with E-state index < -0.39 is 0 Å². The Morgan fingerprint density at radius 1 is 1.17 bits per heavy atom. The molecule has 5 heteroatoms. The van der Waals surface area contributed by atoms with Gasteiger partial charge in [0.15, 0.2) is 0 Å². The first-order chi connectivity index (χ1) is 11.5. The molecule has 1 aliphatic heterocycles. The van der Waals surface area contributed by atoms with E-state index in [1.165, 1.54) is 11.1 Å². The number of aliphatic imine (C=N–C) groups is 2. The first-order valence-corrected chi connectivity index (χ1v) is 8.44. The van der Waals surface area contributed by atoms with E-state index >= 15 is 0 Å². The average molecular weight is 327 g/mol. The van der Waals surface area contributed by atoms with Gasteiger partial charge in [0.25, 0.3) is 0 Å². The number of nitrogens with zero attached hydrogens (tertiary/aromatic N) is 4. The van der Waals surface area contributed by atoms with E-state index in [1.807, 2.05) is 26.8 Å². The molecule has 0 spiro atoms. The summed E-state index contributed by atoms with van der Waals surface area (Å²) >= 11 is 0. The van der Waals surface area contributed by atoms with Gasteiger partial charge in [0.2, 0.25) is 5.96 Å². The molecule has 0 saturated carbocycles. The van der Waals surface area contributed by atoms with Crippen LogP contribution in [0.5, 0.6) is 0 Å². The van der Waals surface area contributed by atoms with Gasteiger partial charge in [-0.2, -0.15) is 0 Å². The van der Waals surface area contributed by atoms with Crippen LogP contribution in [0.3, 0.4) is 0 Å². The number of benzene rings is 1. The highest BCUT2D eigenvalue weighted by Crippen LogP contribution is 2.15. The van der Waals surface area contributed by atoms with Gasteiger partial charge in [-0.05, 0) is 52.2 Å². The van der Waals surface area contributed by atoms with Crippen LogP contribution in [-0.4, -0.2) is 55.7 Å². The molecule has 2 rings (SSSR count). The van der Waals surface area contributed by atoms with Crippen LogP contribution in [0.1, 0.15) is 26.3 Å². The molecule has 5 nitrogen and oxygen atoms in total. The lowest BCUT2D eigenvalue weighted by Crippen LogP contribution is -2.43. The molecule has 0 bridgehead atoms. The zero-order valence-electron chi connectivity index (χ0n) is 15.3. The van der Waals surface area contributed by atoms with Crippen molar-refractivity contribution in [3.8, 4) is 0 Å². The largest absolute Gasteiger partial charge is 0.324 e. The van der Waals surface area contributed by atoms with E-state index in [9.17, 15) is 0 Å². The Kier molecular flexibility index (Phi) is 6.70. The van der Waals surface area contributed by atoms with Crippen LogP contribution in [0.25, 0.3) is 0 Å². The van der Waals surface area contributed by atoms with Gasteiger partial charge in [-0.1, -0.05) is 17.7 Å². The Hall–Kier alpha value is -1.98. The zero-order valence-corrected chi connectivity index (χ0v) is 15.3. The molecule has 0 amide bonds. The normalized spacial score (nSPS) is 16.8. The minimum absolute atomic E-state index is 0.533. The van der Waals surface area contributed by atoms with E-state index in [1.54, 1.807) is 0 Å². The van der Waals surface area contributed by atoms with Crippen molar-refractivity contribution in [2.24, 2.45) is 9.98 Å². The maximum absolute atomic E-state index is 4.48. The molecular weight excluding hydrogens is 298 g/mol. The third-order valence-corrected chi connectivity index (χ3v) is 4.33. The molecule has 1 heterocycles. The van der Waals surface area contributed by atoms with Crippen molar-refractivity contribution in [3.63, 3.8) is 0 Å². The topological polar surface area (TPSA) is 43.2 Å². The van der Waals surface area contributed by atoms with Crippen LogP contribution in [-0.2, 0) is 6.54 Å². The second kappa shape index (κ2) is 8.76. The van der Waals surface area contributed by atoms with Crippen molar-refractivity contribution in [1.29, 1.82) is 0 Å². The summed E-state index contributed by atoms with van der Waals surface area (Å²) in [6.07, 6.45) is 0. The number of piperazine rings is 1. The summed E-state index contributed by atoms with van der Waals surface area (Å²) in [5.41, 5.74) is 4.42. The lowest BCUT2D eigenvalue weighted by Gasteiger charge is -2.32. The van der Waals surface area contributed by atoms with Crippen LogP contribution in [0.2, 0.25) is 0 Å². The number of anilines is 1. The molecule has 24 heavy (non-hydrogen) atoms. The summed E-state index contributed by atoms with van der Waals surface area (Å²) in [7, 11) is 2.18. The van der Waals surface area contributed by atoms with Gasteiger partial charge >= 0.3 is 0 Å². The van der Waals surface area contributed by atoms with Crippen molar-refractivity contribution < 1.29 is 0 Å². The summed E-state index contributed by atoms with van der Waals surface area (Å²) in [4.78, 5) is 13.3. The number of nitrogens with one attached hydrogen (secondary N) is 1. The predicted molar refractivity (Wildman–Crippen MR) is 104 cm³/mol. The SMILES string of the molecule is C=NC(=NC(C)=C(C)C)Nc1cccc(CN2CCN(C)CC2)c1. The van der Waals surface area contributed by atoms with Crippen LogP contribution in [0.4, 0.5) is 5.69 Å². The van der Waals surface area contributed by atoms with Crippen LogP contribution in [0.15, 0.2) is 45.5 Å². The quantitative estimate of drug-likeness (QED) is 0.682. The molecule has 1 saturated heterocycles. The molecule has 1 N–H and O–H groups in total. The number of allylic oxidation sites excluding steroid dienone is 2. The summed E-state index contributed by atoms with van der Waals surface area (Å²) in [5, 5.41) is 3.26. The van der Waals surface area contributed by atoms with Gasteiger partial charge < -0.3 is 10.2 Å². The second-order valence-electron chi connectivity index (χ2n) is 6.58. The minimum Gasteiger partial charge on any atom is -0.324 e. The molecule has 1 aromatic carbocycles. The lowest BCUT2D eigenvalue weighted by atomic mass is 10.1. The van der Waals surface area contributed by atoms with E-state index in [0.717, 1.165) is 44.1 Å². The first-order valence-electron chi connectivity index (χ1n) is 8.44. The molecular formula is C19H29N5. The molecule has 0 atom stereocenters. The third kappa shape index (κ3) is 5.58. The Balaban J connectivity index is 2.04. The smallest absolute Gasteiger partial charge is 0.226 e. The van der Waals surface area contributed by atoms with Crippen LogP contribution in [0, 0.1) is 0 Å². The number of rotatable bonds is 4. The Labute approximate surface area is 145 Å². The first kappa shape index (κ1) is 18.4. The van der Waals surface area contributed by atoms with Gasteiger partial charge in [0, 0.05) is 44.1 Å². The fourth-order valence-electron chi connectivity index (χ4n) is 2.51. The molecule has 1 aromatic rings. The maximum Gasteiger partial charge on any atom is 0.226 e. The number of guanidine groups is 1. The highest BCUT2D eigenvalue weighted by Gasteiger charge is 2.13. The summed E-state index contributed by atoms with van der Waals surface area (Å²) in [6.45, 7) is 15.2. The number of hydrogen-bond acceptors (Lipinski definition) is 3. The fourth-order valence-corrected chi connectivity index (χ4v) is 2.51. The predicted octanol–water partition coefficient (Wildman–Crippen LogP) is 3.22. The van der Waals surface area contributed by atoms with Crippen molar-refractivity contribution >= 4 is 18.4 Å². The molecule has 1 aliphatic rings. The van der Waals surface area contributed by atoms with Gasteiger partial charge in [0.1, 0.15) is 0 Å². The van der Waals surface area contributed by atoms with Gasteiger partial charge in [-0.15, -0.1) is 0 Å². The van der Waals surface area contributed by atoms with Crippen LogP contribution >= 0.6 is 0 Å². The highest BCUT2D eigenvalue weighted by atomic mass is 15.2. The van der Waals surface area contributed by atoms with Gasteiger partial charge in [-0.25, -0.2) is 9.98 Å². The van der Waals surface area contributed by atoms with Crippen molar-refractivity contribution in [2.75, 3.05) is 38.5 Å². The average Bonchev–Trinajstić information content (AvgIpc) is 2.56. The van der Waals surface area contributed by atoms with Crippen LogP contribution < -0.4 is 5.32 Å². The monoisotopic (exact) mass is 327 g/mol. The summed E-state index contributed by atoms with van der Waals surface area (Å²) < 4.78 is 0. The minimum atomic E-state index is 0.533. The zero-order chi connectivity index (χ0) is 17.5. The number of likely N-dealkylation sites (N-methyl/N-ethyl adjacent to an activating group) is 1. The van der Waals surface area contributed by atoms with Crippen molar-refractivity contribution in [3.05, 3.63) is 41.1 Å². The van der Waals surface area contributed by atoms with Crippen molar-refractivity contribution in [2.45, 2.75) is 27.3 Å². The number of hydrogen-bond donors (Lipinski definition) is 1. The van der Waals surface area contributed by atoms with Gasteiger partial charge in [0.05, 0.1) is 0 Å². The van der Waals surface area contributed by atoms with E-state index in [2.05, 4.69) is 57.1 Å². The Bertz CT molecular complexity index is 620. The molecule has 0 unspecified atom stereocenters. The lowest BCUT2D eigenvalue weighted by molar-refractivity contribution is 0.148. The standard InChI is InChI=1S/C19H29N5/c1-15(2)16(3)21-19(20-4)22-18-8-6-7-17(13-18)14-24-11-9-23(5)10-12-24/h6-8,13H,4,9-12,14H2,1-3,5H3,(H,21,22). The molecule has 0 radical (unpaired) electrons. The molecule has 0 aromatic heterocycles. The third-order valence-electron chi connectivity index (χ3n) is 4.33. The maximum atomic E-state index is 4.48. The van der Waals surface area contributed by atoms with E-state index in [4.69, 9.17) is 0 Å². The highest BCUT2D eigenvalue weighted by molar-refractivity contribution is 5.97. The van der Waals surface area contributed by atoms with Gasteiger partial charge in [-0.3, -0.25) is 4.90 Å². The Morgan fingerprint density at radius 2 is 1.88 bits per heavy atom. The molecule has 130 valence electrons. The summed E-state index contributed by atoms with van der Waals surface area (Å²) in [5.74, 6) is 0.533. The summed E-state index contributed by atoms with van der Waals surface area (Å²) in [6, 6.07) is 8.44. The molecule has 1 fully saturated rings.